The molecule has 0 aromatic carbocycles. The maximum atomic E-state index is 12.2. The van der Waals surface area contributed by atoms with Crippen LogP contribution in [0.1, 0.15) is 65.7 Å². The van der Waals surface area contributed by atoms with Crippen molar-refractivity contribution < 1.29 is 4.79 Å². The number of carbonyl (C=O) groups is 1. The SMILES string of the molecule is CCC1CCC(CN)(N(C)CC(=O)NC(CC)CC)CC1. The quantitative estimate of drug-likeness (QED) is 0.724. The third-order valence-electron chi connectivity index (χ3n) is 5.53. The number of hydrogen-bond acceptors (Lipinski definition) is 3. The molecule has 1 amide bonds. The summed E-state index contributed by atoms with van der Waals surface area (Å²) in [7, 11) is 2.06. The molecule has 0 saturated heterocycles. The molecule has 0 aliphatic heterocycles. The van der Waals surface area contributed by atoms with Crippen LogP contribution in [0, 0.1) is 5.92 Å². The highest BCUT2D eigenvalue weighted by atomic mass is 16.2. The Morgan fingerprint density at radius 1 is 1.29 bits per heavy atom. The fraction of sp³-hybridized carbons (Fsp3) is 0.941. The Bertz CT molecular complexity index is 307. The summed E-state index contributed by atoms with van der Waals surface area (Å²) >= 11 is 0. The highest BCUT2D eigenvalue weighted by Gasteiger charge is 2.37. The molecule has 124 valence electrons. The van der Waals surface area contributed by atoms with Gasteiger partial charge in [0.2, 0.25) is 5.91 Å². The molecule has 4 nitrogen and oxygen atoms in total. The van der Waals surface area contributed by atoms with E-state index >= 15 is 0 Å². The summed E-state index contributed by atoms with van der Waals surface area (Å²) < 4.78 is 0. The predicted molar refractivity (Wildman–Crippen MR) is 89.2 cm³/mol. The van der Waals surface area contributed by atoms with Crippen molar-refractivity contribution in [2.24, 2.45) is 11.7 Å². The fourth-order valence-corrected chi connectivity index (χ4v) is 3.51. The van der Waals surface area contributed by atoms with Gasteiger partial charge in [-0.25, -0.2) is 0 Å². The van der Waals surface area contributed by atoms with Crippen LogP contribution in [0.15, 0.2) is 0 Å². The summed E-state index contributed by atoms with van der Waals surface area (Å²) in [4.78, 5) is 14.4. The first kappa shape index (κ1) is 18.4. The first-order valence-electron chi connectivity index (χ1n) is 8.71. The van der Waals surface area contributed by atoms with E-state index in [-0.39, 0.29) is 11.4 Å². The van der Waals surface area contributed by atoms with Gasteiger partial charge in [-0.3, -0.25) is 9.69 Å². The maximum absolute atomic E-state index is 12.2. The topological polar surface area (TPSA) is 58.4 Å². The summed E-state index contributed by atoms with van der Waals surface area (Å²) in [5, 5.41) is 3.13. The molecule has 1 aliphatic rings. The zero-order valence-corrected chi connectivity index (χ0v) is 14.5. The number of nitrogens with two attached hydrogens (primary N) is 1. The third-order valence-corrected chi connectivity index (χ3v) is 5.53. The zero-order valence-electron chi connectivity index (χ0n) is 14.5. The molecule has 0 radical (unpaired) electrons. The van der Waals surface area contributed by atoms with Crippen molar-refractivity contribution in [3.8, 4) is 0 Å². The van der Waals surface area contributed by atoms with Crippen LogP contribution in [0.4, 0.5) is 0 Å². The molecule has 3 N–H and O–H groups in total. The van der Waals surface area contributed by atoms with Crippen molar-refractivity contribution in [2.45, 2.75) is 77.3 Å². The number of nitrogens with zero attached hydrogens (tertiary/aromatic N) is 1. The van der Waals surface area contributed by atoms with Crippen LogP contribution in [0.5, 0.6) is 0 Å². The van der Waals surface area contributed by atoms with Crippen LogP contribution in [-0.2, 0) is 4.79 Å². The minimum absolute atomic E-state index is 0.0247. The fourth-order valence-electron chi connectivity index (χ4n) is 3.51. The van der Waals surface area contributed by atoms with Crippen molar-refractivity contribution in [3.63, 3.8) is 0 Å². The van der Waals surface area contributed by atoms with E-state index in [0.717, 1.165) is 31.6 Å². The molecule has 0 aromatic heterocycles. The average Bonchev–Trinajstić information content (AvgIpc) is 2.52. The Morgan fingerprint density at radius 3 is 2.29 bits per heavy atom. The normalized spacial score (nSPS) is 26.3. The van der Waals surface area contributed by atoms with E-state index in [1.54, 1.807) is 0 Å². The number of nitrogens with one attached hydrogen (secondary N) is 1. The lowest BCUT2D eigenvalue weighted by atomic mass is 9.74. The molecular weight excluding hydrogens is 262 g/mol. The van der Waals surface area contributed by atoms with Gasteiger partial charge in [-0.2, -0.15) is 0 Å². The molecule has 21 heavy (non-hydrogen) atoms. The molecule has 0 aromatic rings. The monoisotopic (exact) mass is 297 g/mol. The maximum Gasteiger partial charge on any atom is 0.234 e. The second-order valence-electron chi connectivity index (χ2n) is 6.72. The molecule has 0 spiro atoms. The highest BCUT2D eigenvalue weighted by Crippen LogP contribution is 2.36. The van der Waals surface area contributed by atoms with Gasteiger partial charge >= 0.3 is 0 Å². The lowest BCUT2D eigenvalue weighted by Crippen LogP contribution is -2.56. The van der Waals surface area contributed by atoms with Gasteiger partial charge in [-0.05, 0) is 51.5 Å². The number of hydrogen-bond donors (Lipinski definition) is 2. The van der Waals surface area contributed by atoms with Crippen molar-refractivity contribution in [3.05, 3.63) is 0 Å². The summed E-state index contributed by atoms with van der Waals surface area (Å²) in [6.07, 6.45) is 7.98. The molecule has 1 fully saturated rings. The zero-order chi connectivity index (χ0) is 15.9. The van der Waals surface area contributed by atoms with E-state index < -0.39 is 0 Å². The molecule has 4 heteroatoms. The van der Waals surface area contributed by atoms with Crippen molar-refractivity contribution in [1.82, 2.24) is 10.2 Å². The van der Waals surface area contributed by atoms with Gasteiger partial charge in [0.05, 0.1) is 6.54 Å². The lowest BCUT2D eigenvalue weighted by molar-refractivity contribution is -0.124. The minimum Gasteiger partial charge on any atom is -0.352 e. The molecule has 1 rings (SSSR count). The first-order valence-corrected chi connectivity index (χ1v) is 8.71. The minimum atomic E-state index is 0.0247. The van der Waals surface area contributed by atoms with E-state index in [1.807, 2.05) is 0 Å². The van der Waals surface area contributed by atoms with Crippen LogP contribution < -0.4 is 11.1 Å². The Kier molecular flexibility index (Phi) is 7.67. The molecule has 0 unspecified atom stereocenters. The molecule has 1 saturated carbocycles. The molecule has 0 heterocycles. The van der Waals surface area contributed by atoms with E-state index in [4.69, 9.17) is 5.73 Å². The number of rotatable bonds is 8. The van der Waals surface area contributed by atoms with Gasteiger partial charge in [-0.1, -0.05) is 27.2 Å². The van der Waals surface area contributed by atoms with E-state index in [2.05, 4.69) is 38.0 Å². The van der Waals surface area contributed by atoms with Gasteiger partial charge in [0.15, 0.2) is 0 Å². The first-order chi connectivity index (χ1) is 10.0. The summed E-state index contributed by atoms with van der Waals surface area (Å²) in [5.74, 6) is 0.980. The Morgan fingerprint density at radius 2 is 1.86 bits per heavy atom. The van der Waals surface area contributed by atoms with Gasteiger partial charge < -0.3 is 11.1 Å². The van der Waals surface area contributed by atoms with E-state index in [9.17, 15) is 4.79 Å². The van der Waals surface area contributed by atoms with E-state index in [0.29, 0.717) is 19.1 Å². The molecule has 0 atom stereocenters. The van der Waals surface area contributed by atoms with Crippen LogP contribution in [0.25, 0.3) is 0 Å². The number of amides is 1. The van der Waals surface area contributed by atoms with E-state index in [1.165, 1.54) is 19.3 Å². The van der Waals surface area contributed by atoms with Crippen LogP contribution in [0.2, 0.25) is 0 Å². The Hall–Kier alpha value is -0.610. The van der Waals surface area contributed by atoms with Gasteiger partial charge in [-0.15, -0.1) is 0 Å². The molecule has 1 aliphatic carbocycles. The van der Waals surface area contributed by atoms with Gasteiger partial charge in [0, 0.05) is 18.1 Å². The second-order valence-corrected chi connectivity index (χ2v) is 6.72. The Labute approximate surface area is 130 Å². The standard InChI is InChI=1S/C17H35N3O/c1-5-14-8-10-17(13-18,11-9-14)20(4)12-16(21)19-15(6-2)7-3/h14-15H,5-13,18H2,1-4H3,(H,19,21). The van der Waals surface area contributed by atoms with Gasteiger partial charge in [0.25, 0.3) is 0 Å². The smallest absolute Gasteiger partial charge is 0.234 e. The highest BCUT2D eigenvalue weighted by molar-refractivity contribution is 5.78. The van der Waals surface area contributed by atoms with Crippen molar-refractivity contribution >= 4 is 5.91 Å². The van der Waals surface area contributed by atoms with Crippen LogP contribution >= 0.6 is 0 Å². The Balaban J connectivity index is 2.55. The third kappa shape index (κ3) is 4.96. The molecule has 0 bridgehead atoms. The predicted octanol–water partition coefficient (Wildman–Crippen LogP) is 2.52. The average molecular weight is 297 g/mol. The molecular formula is C17H35N3O. The number of carbonyl (C=O) groups excluding carboxylic acids is 1. The second kappa shape index (κ2) is 8.74. The van der Waals surface area contributed by atoms with Gasteiger partial charge in [0.1, 0.15) is 0 Å². The van der Waals surface area contributed by atoms with Crippen LogP contribution in [-0.4, -0.2) is 42.5 Å². The summed E-state index contributed by atoms with van der Waals surface area (Å²) in [5.41, 5.74) is 6.11. The van der Waals surface area contributed by atoms with Crippen LogP contribution in [0.3, 0.4) is 0 Å². The van der Waals surface area contributed by atoms with Crippen molar-refractivity contribution in [1.29, 1.82) is 0 Å². The largest absolute Gasteiger partial charge is 0.352 e. The number of likely N-dealkylation sites (N-methyl/N-ethyl adjacent to an activating group) is 1. The summed E-state index contributed by atoms with van der Waals surface area (Å²) in [6, 6.07) is 0.301. The van der Waals surface area contributed by atoms with Crippen molar-refractivity contribution in [2.75, 3.05) is 20.1 Å². The lowest BCUT2D eigenvalue weighted by Gasteiger charge is -2.45. The summed E-state index contributed by atoms with van der Waals surface area (Å²) in [6.45, 7) is 7.62.